The normalized spacial score (nSPS) is 17.9. The SMILES string of the molecule is Cc1cccc(Cl)c1NC(=O)c1cnc(NC2=CC=CC(N3CCN(C(=O)c4ccco4)CC3)N2)s1. The van der Waals surface area contributed by atoms with E-state index in [9.17, 15) is 9.59 Å². The molecular weight excluding hydrogens is 500 g/mol. The number of amides is 2. The molecule has 1 aromatic carbocycles. The van der Waals surface area contributed by atoms with Crippen molar-refractivity contribution in [3.05, 3.63) is 88.1 Å². The number of nitrogens with zero attached hydrogens (tertiary/aromatic N) is 3. The number of hydrogen-bond acceptors (Lipinski definition) is 8. The molecule has 0 aliphatic carbocycles. The topological polar surface area (TPSA) is 103 Å². The Morgan fingerprint density at radius 3 is 2.78 bits per heavy atom. The summed E-state index contributed by atoms with van der Waals surface area (Å²) in [6.07, 6.45) is 9.00. The van der Waals surface area contributed by atoms with Crippen LogP contribution in [-0.4, -0.2) is 58.9 Å². The zero-order valence-corrected chi connectivity index (χ0v) is 21.1. The van der Waals surface area contributed by atoms with Crippen LogP contribution in [0.2, 0.25) is 5.02 Å². The number of rotatable bonds is 6. The number of halogens is 1. The standard InChI is InChI=1S/C25H25ClN6O3S/c1-16-5-2-6-17(26)22(16)30-23(33)19-15-27-25(36-19)29-20-8-3-9-21(28-20)31-10-12-32(13-11-31)24(34)18-7-4-14-35-18/h2-9,14-15,21,28H,10-13H2,1H3,(H,27,29)(H,30,33). The van der Waals surface area contributed by atoms with Crippen LogP contribution in [0.4, 0.5) is 10.8 Å². The molecule has 2 aromatic heterocycles. The Balaban J connectivity index is 1.15. The maximum atomic E-state index is 12.7. The first-order chi connectivity index (χ1) is 17.5. The fourth-order valence-electron chi connectivity index (χ4n) is 4.08. The van der Waals surface area contributed by atoms with Gasteiger partial charge in [0, 0.05) is 26.2 Å². The molecule has 11 heteroatoms. The Bertz CT molecular complexity index is 1290. The van der Waals surface area contributed by atoms with Crippen molar-refractivity contribution in [1.82, 2.24) is 20.1 Å². The number of aromatic nitrogens is 1. The average molecular weight is 525 g/mol. The quantitative estimate of drug-likeness (QED) is 0.445. The van der Waals surface area contributed by atoms with Gasteiger partial charge < -0.3 is 25.3 Å². The third-order valence-electron chi connectivity index (χ3n) is 6.02. The number of furan rings is 1. The number of allylic oxidation sites excluding steroid dienone is 2. The largest absolute Gasteiger partial charge is 0.459 e. The Morgan fingerprint density at radius 1 is 1.19 bits per heavy atom. The Morgan fingerprint density at radius 2 is 2.03 bits per heavy atom. The maximum absolute atomic E-state index is 12.7. The lowest BCUT2D eigenvalue weighted by molar-refractivity contribution is 0.0556. The zero-order chi connectivity index (χ0) is 25.1. The highest BCUT2D eigenvalue weighted by Gasteiger charge is 2.27. The van der Waals surface area contributed by atoms with Crippen LogP contribution >= 0.6 is 22.9 Å². The van der Waals surface area contributed by atoms with E-state index in [2.05, 4.69) is 31.9 Å². The average Bonchev–Trinajstić information content (AvgIpc) is 3.59. The molecular formula is C25H25ClN6O3S. The van der Waals surface area contributed by atoms with Crippen molar-refractivity contribution in [3.63, 3.8) is 0 Å². The number of aryl methyl sites for hydroxylation is 1. The van der Waals surface area contributed by atoms with Gasteiger partial charge in [-0.2, -0.15) is 0 Å². The van der Waals surface area contributed by atoms with Gasteiger partial charge in [-0.3, -0.25) is 14.5 Å². The molecule has 186 valence electrons. The summed E-state index contributed by atoms with van der Waals surface area (Å²) in [7, 11) is 0. The van der Waals surface area contributed by atoms with Gasteiger partial charge in [-0.15, -0.1) is 0 Å². The molecule has 4 heterocycles. The third kappa shape index (κ3) is 5.30. The number of carbonyl (C=O) groups is 2. The molecule has 0 spiro atoms. The van der Waals surface area contributed by atoms with Gasteiger partial charge in [0.15, 0.2) is 10.9 Å². The van der Waals surface area contributed by atoms with Crippen molar-refractivity contribution < 1.29 is 14.0 Å². The molecule has 3 N–H and O–H groups in total. The lowest BCUT2D eigenvalue weighted by Gasteiger charge is -2.39. The molecule has 1 saturated heterocycles. The minimum atomic E-state index is -0.262. The van der Waals surface area contributed by atoms with Gasteiger partial charge in [-0.1, -0.05) is 41.1 Å². The molecule has 5 rings (SSSR count). The smallest absolute Gasteiger partial charge is 0.289 e. The second-order valence-electron chi connectivity index (χ2n) is 8.40. The molecule has 3 aromatic rings. The van der Waals surface area contributed by atoms with E-state index in [1.54, 1.807) is 24.4 Å². The Labute approximate surface area is 217 Å². The number of nitrogens with one attached hydrogen (secondary N) is 3. The van der Waals surface area contributed by atoms with Gasteiger partial charge >= 0.3 is 0 Å². The van der Waals surface area contributed by atoms with Crippen LogP contribution in [0, 0.1) is 6.92 Å². The lowest BCUT2D eigenvalue weighted by Crippen LogP contribution is -2.55. The van der Waals surface area contributed by atoms with Gasteiger partial charge in [0.1, 0.15) is 16.9 Å². The van der Waals surface area contributed by atoms with Crippen LogP contribution < -0.4 is 16.0 Å². The molecule has 1 atom stereocenters. The van der Waals surface area contributed by atoms with E-state index in [0.717, 1.165) is 24.5 Å². The number of hydrogen-bond donors (Lipinski definition) is 3. The second kappa shape index (κ2) is 10.6. The number of benzene rings is 1. The molecule has 1 fully saturated rings. The van der Waals surface area contributed by atoms with Crippen molar-refractivity contribution in [3.8, 4) is 0 Å². The van der Waals surface area contributed by atoms with E-state index in [1.165, 1.54) is 17.6 Å². The van der Waals surface area contributed by atoms with Crippen LogP contribution in [0.5, 0.6) is 0 Å². The molecule has 0 saturated carbocycles. The van der Waals surface area contributed by atoms with Crippen molar-refractivity contribution >= 4 is 45.6 Å². The lowest BCUT2D eigenvalue weighted by atomic mass is 10.2. The fourth-order valence-corrected chi connectivity index (χ4v) is 5.07. The van der Waals surface area contributed by atoms with Crippen molar-refractivity contribution in [2.24, 2.45) is 0 Å². The van der Waals surface area contributed by atoms with Crippen molar-refractivity contribution in [2.75, 3.05) is 36.8 Å². The van der Waals surface area contributed by atoms with Crippen molar-refractivity contribution in [1.29, 1.82) is 0 Å². The second-order valence-corrected chi connectivity index (χ2v) is 9.84. The number of thiazole rings is 1. The van der Waals surface area contributed by atoms with E-state index in [1.807, 2.05) is 36.1 Å². The number of piperazine rings is 1. The van der Waals surface area contributed by atoms with E-state index >= 15 is 0 Å². The molecule has 36 heavy (non-hydrogen) atoms. The first-order valence-electron chi connectivity index (χ1n) is 11.5. The third-order valence-corrected chi connectivity index (χ3v) is 7.24. The molecule has 0 bridgehead atoms. The fraction of sp³-hybridized carbons (Fsp3) is 0.240. The molecule has 1 unspecified atom stereocenters. The number of dihydropyridines is 1. The molecule has 2 amide bonds. The Hall–Kier alpha value is -3.60. The van der Waals surface area contributed by atoms with Gasteiger partial charge in [-0.25, -0.2) is 4.98 Å². The van der Waals surface area contributed by atoms with Crippen molar-refractivity contribution in [2.45, 2.75) is 13.1 Å². The van der Waals surface area contributed by atoms with Gasteiger partial charge in [0.05, 0.1) is 23.2 Å². The zero-order valence-electron chi connectivity index (χ0n) is 19.5. The van der Waals surface area contributed by atoms with Crippen LogP contribution in [0.15, 0.2) is 71.3 Å². The molecule has 9 nitrogen and oxygen atoms in total. The highest BCUT2D eigenvalue weighted by molar-refractivity contribution is 7.17. The minimum Gasteiger partial charge on any atom is -0.459 e. The van der Waals surface area contributed by atoms with Crippen LogP contribution in [0.25, 0.3) is 0 Å². The number of para-hydroxylation sites is 1. The highest BCUT2D eigenvalue weighted by atomic mass is 35.5. The summed E-state index contributed by atoms with van der Waals surface area (Å²) in [6.45, 7) is 4.58. The first-order valence-corrected chi connectivity index (χ1v) is 12.7. The van der Waals surface area contributed by atoms with E-state index in [4.69, 9.17) is 16.0 Å². The predicted octanol–water partition coefficient (Wildman–Crippen LogP) is 4.15. The summed E-state index contributed by atoms with van der Waals surface area (Å²) in [5.41, 5.74) is 1.49. The van der Waals surface area contributed by atoms with Crippen LogP contribution in [0.3, 0.4) is 0 Å². The number of carbonyl (C=O) groups excluding carboxylic acids is 2. The van der Waals surface area contributed by atoms with E-state index in [-0.39, 0.29) is 18.0 Å². The summed E-state index contributed by atoms with van der Waals surface area (Å²) >= 11 is 7.49. The molecule has 2 aliphatic heterocycles. The summed E-state index contributed by atoms with van der Waals surface area (Å²) in [5, 5.41) is 10.7. The van der Waals surface area contributed by atoms with Crippen LogP contribution in [0.1, 0.15) is 25.8 Å². The molecule has 2 aliphatic rings. The van der Waals surface area contributed by atoms with Gasteiger partial charge in [0.25, 0.3) is 11.8 Å². The minimum absolute atomic E-state index is 0.0238. The van der Waals surface area contributed by atoms with Crippen LogP contribution in [-0.2, 0) is 0 Å². The van der Waals surface area contributed by atoms with E-state index in [0.29, 0.717) is 39.6 Å². The van der Waals surface area contributed by atoms with E-state index < -0.39 is 0 Å². The number of anilines is 2. The molecule has 0 radical (unpaired) electrons. The predicted molar refractivity (Wildman–Crippen MR) is 140 cm³/mol. The summed E-state index contributed by atoms with van der Waals surface area (Å²) < 4.78 is 5.24. The summed E-state index contributed by atoms with van der Waals surface area (Å²) in [4.78, 5) is 34.1. The first kappa shape index (κ1) is 24.1. The van der Waals surface area contributed by atoms with Gasteiger partial charge in [0.2, 0.25) is 0 Å². The maximum Gasteiger partial charge on any atom is 0.289 e. The van der Waals surface area contributed by atoms with Gasteiger partial charge in [-0.05, 0) is 42.8 Å². The summed E-state index contributed by atoms with van der Waals surface area (Å²) in [5.74, 6) is 0.802. The Kier molecular flexibility index (Phi) is 7.08. The summed E-state index contributed by atoms with van der Waals surface area (Å²) in [6, 6.07) is 8.89. The highest BCUT2D eigenvalue weighted by Crippen LogP contribution is 2.27. The monoisotopic (exact) mass is 524 g/mol.